The molecule has 0 saturated carbocycles. The summed E-state index contributed by atoms with van der Waals surface area (Å²) < 4.78 is 6.71. The third-order valence-corrected chi connectivity index (χ3v) is 4.18. The summed E-state index contributed by atoms with van der Waals surface area (Å²) in [5.41, 5.74) is 4.80. The number of benzene rings is 1. The van der Waals surface area contributed by atoms with E-state index in [4.69, 9.17) is 4.42 Å². The molecule has 0 bridgehead atoms. The van der Waals surface area contributed by atoms with Crippen molar-refractivity contribution in [3.63, 3.8) is 0 Å². The van der Waals surface area contributed by atoms with E-state index >= 15 is 0 Å². The molecule has 3 aromatic rings. The Morgan fingerprint density at radius 3 is 2.59 bits per heavy atom. The van der Waals surface area contributed by atoms with Gasteiger partial charge in [-0.1, -0.05) is 30.3 Å². The molecule has 2 aromatic heterocycles. The number of amides is 1. The molecule has 0 spiro atoms. The molecule has 0 fully saturated rings. The van der Waals surface area contributed by atoms with Crippen LogP contribution in [0.4, 0.5) is 5.82 Å². The van der Waals surface area contributed by atoms with Gasteiger partial charge in [0.05, 0.1) is 18.7 Å². The minimum Gasteiger partial charge on any atom is -0.464 e. The number of aromatic nitrogens is 1. The summed E-state index contributed by atoms with van der Waals surface area (Å²) in [5, 5.41) is 7.26. The molecule has 2 heterocycles. The smallest absolute Gasteiger partial charge is 0.217 e. The fourth-order valence-electron chi connectivity index (χ4n) is 2.39. The number of rotatable bonds is 7. The summed E-state index contributed by atoms with van der Waals surface area (Å²) in [5.74, 6) is 2.03. The molecule has 7 heteroatoms. The highest BCUT2D eigenvalue weighted by Crippen LogP contribution is 2.14. The molecule has 0 aliphatic rings. The predicted octanol–water partition coefficient (Wildman–Crippen LogP) is 4.13. The lowest BCUT2D eigenvalue weighted by atomic mass is 10.1. The Kier molecular flexibility index (Phi) is 6.38. The number of furan rings is 1. The first-order valence-electron chi connectivity index (χ1n) is 8.42. The maximum Gasteiger partial charge on any atom is 0.217 e. The predicted molar refractivity (Wildman–Crippen MR) is 108 cm³/mol. The lowest BCUT2D eigenvalue weighted by molar-refractivity contribution is -0.119. The number of hydrazone groups is 1. The van der Waals surface area contributed by atoms with Gasteiger partial charge in [-0.2, -0.15) is 5.10 Å². The largest absolute Gasteiger partial charge is 0.464 e. The highest BCUT2D eigenvalue weighted by molar-refractivity contribution is 9.10. The van der Waals surface area contributed by atoms with Crippen LogP contribution in [-0.2, 0) is 17.8 Å². The molecule has 0 unspecified atom stereocenters. The number of anilines is 1. The zero-order chi connectivity index (χ0) is 19.1. The number of hydrogen-bond acceptors (Lipinski definition) is 5. The Labute approximate surface area is 165 Å². The number of carbonyl (C=O) groups excluding carboxylic acids is 1. The van der Waals surface area contributed by atoms with E-state index in [9.17, 15) is 4.79 Å². The van der Waals surface area contributed by atoms with Gasteiger partial charge in [-0.3, -0.25) is 10.2 Å². The van der Waals surface area contributed by atoms with Crippen LogP contribution in [0.1, 0.15) is 24.0 Å². The van der Waals surface area contributed by atoms with Crippen LogP contribution in [0.15, 0.2) is 74.8 Å². The van der Waals surface area contributed by atoms with Gasteiger partial charge in [-0.15, -0.1) is 0 Å². The third kappa shape index (κ3) is 5.79. The second-order valence-electron chi connectivity index (χ2n) is 5.85. The molecule has 6 nitrogen and oxygen atoms in total. The molecule has 0 aliphatic heterocycles. The van der Waals surface area contributed by atoms with Crippen molar-refractivity contribution < 1.29 is 9.21 Å². The first kappa shape index (κ1) is 18.8. The quantitative estimate of drug-likeness (QED) is 0.439. The number of hydrogen-bond donors (Lipinski definition) is 2. The van der Waals surface area contributed by atoms with E-state index in [1.54, 1.807) is 6.20 Å². The maximum absolute atomic E-state index is 11.0. The molecule has 138 valence electrons. The Balaban J connectivity index is 1.77. The maximum atomic E-state index is 11.0. The summed E-state index contributed by atoms with van der Waals surface area (Å²) in [7, 11) is 0. The SMILES string of the molecule is CC(=O)NCc1ccc(C/C(=N/Nc2ccc(Br)cn2)c2ccccc2)o1. The molecule has 1 amide bonds. The normalized spacial score (nSPS) is 11.3. The van der Waals surface area contributed by atoms with Crippen molar-refractivity contribution in [2.24, 2.45) is 5.10 Å². The van der Waals surface area contributed by atoms with E-state index in [1.807, 2.05) is 54.6 Å². The van der Waals surface area contributed by atoms with E-state index in [1.165, 1.54) is 6.92 Å². The lowest BCUT2D eigenvalue weighted by Crippen LogP contribution is -2.18. The van der Waals surface area contributed by atoms with Gasteiger partial charge in [0.2, 0.25) is 5.91 Å². The van der Waals surface area contributed by atoms with Crippen LogP contribution in [-0.4, -0.2) is 16.6 Å². The molecule has 0 aliphatic carbocycles. The summed E-state index contributed by atoms with van der Waals surface area (Å²) in [4.78, 5) is 15.3. The van der Waals surface area contributed by atoms with Crippen LogP contribution in [0.25, 0.3) is 0 Å². The summed E-state index contributed by atoms with van der Waals surface area (Å²) in [6, 6.07) is 17.4. The Morgan fingerprint density at radius 2 is 1.89 bits per heavy atom. The number of halogens is 1. The molecule has 27 heavy (non-hydrogen) atoms. The van der Waals surface area contributed by atoms with Crippen molar-refractivity contribution in [3.8, 4) is 0 Å². The molecule has 3 rings (SSSR count). The van der Waals surface area contributed by atoms with Gasteiger partial charge >= 0.3 is 0 Å². The number of nitrogens with one attached hydrogen (secondary N) is 2. The lowest BCUT2D eigenvalue weighted by Gasteiger charge is -2.07. The van der Waals surface area contributed by atoms with Crippen LogP contribution >= 0.6 is 15.9 Å². The minimum atomic E-state index is -0.0920. The van der Waals surface area contributed by atoms with E-state index in [0.29, 0.717) is 24.5 Å². The van der Waals surface area contributed by atoms with Crippen molar-refractivity contribution in [2.45, 2.75) is 19.9 Å². The standard InChI is InChI=1S/C20H19BrN4O2/c1-14(26)22-13-18-9-8-17(27-18)11-19(15-5-3-2-4-6-15)24-25-20-10-7-16(21)12-23-20/h2-10,12H,11,13H2,1H3,(H,22,26)(H,23,25)/b24-19-. The fourth-order valence-corrected chi connectivity index (χ4v) is 2.63. The fraction of sp³-hybridized carbons (Fsp3) is 0.150. The first-order valence-corrected chi connectivity index (χ1v) is 9.21. The zero-order valence-corrected chi connectivity index (χ0v) is 16.4. The average molecular weight is 427 g/mol. The first-order chi connectivity index (χ1) is 13.1. The van der Waals surface area contributed by atoms with Gasteiger partial charge in [0.1, 0.15) is 17.3 Å². The van der Waals surface area contributed by atoms with Crippen LogP contribution in [0.2, 0.25) is 0 Å². The second kappa shape index (κ2) is 9.14. The molecule has 1 aromatic carbocycles. The monoisotopic (exact) mass is 426 g/mol. The van der Waals surface area contributed by atoms with Crippen molar-refractivity contribution in [3.05, 3.63) is 82.4 Å². The van der Waals surface area contributed by atoms with Crippen LogP contribution in [0, 0.1) is 0 Å². The van der Waals surface area contributed by atoms with Gasteiger partial charge in [0.25, 0.3) is 0 Å². The summed E-state index contributed by atoms with van der Waals surface area (Å²) in [6.45, 7) is 1.85. The highest BCUT2D eigenvalue weighted by Gasteiger charge is 2.10. The summed E-state index contributed by atoms with van der Waals surface area (Å²) >= 11 is 3.37. The molecule has 2 N–H and O–H groups in total. The second-order valence-corrected chi connectivity index (χ2v) is 6.77. The van der Waals surface area contributed by atoms with E-state index in [0.717, 1.165) is 21.5 Å². The van der Waals surface area contributed by atoms with Crippen molar-refractivity contribution in [1.29, 1.82) is 0 Å². The Bertz CT molecular complexity index is 921. The average Bonchev–Trinajstić information content (AvgIpc) is 3.13. The molecular formula is C20H19BrN4O2. The van der Waals surface area contributed by atoms with Crippen LogP contribution in [0.3, 0.4) is 0 Å². The number of nitrogens with zero attached hydrogens (tertiary/aromatic N) is 2. The summed E-state index contributed by atoms with van der Waals surface area (Å²) in [6.07, 6.45) is 2.22. The molecular weight excluding hydrogens is 408 g/mol. The van der Waals surface area contributed by atoms with Crippen LogP contribution in [0.5, 0.6) is 0 Å². The number of carbonyl (C=O) groups is 1. The van der Waals surface area contributed by atoms with E-state index in [-0.39, 0.29) is 5.91 Å². The Hall–Kier alpha value is -2.93. The van der Waals surface area contributed by atoms with E-state index in [2.05, 4.69) is 36.8 Å². The Morgan fingerprint density at radius 1 is 1.11 bits per heavy atom. The van der Waals surface area contributed by atoms with Crippen molar-refractivity contribution >= 4 is 33.4 Å². The van der Waals surface area contributed by atoms with Crippen molar-refractivity contribution in [1.82, 2.24) is 10.3 Å². The van der Waals surface area contributed by atoms with Gasteiger partial charge in [0.15, 0.2) is 0 Å². The van der Waals surface area contributed by atoms with E-state index < -0.39 is 0 Å². The molecule has 0 saturated heterocycles. The van der Waals surface area contributed by atoms with Gasteiger partial charge in [-0.25, -0.2) is 4.98 Å². The molecule has 0 atom stereocenters. The van der Waals surface area contributed by atoms with Crippen molar-refractivity contribution in [2.75, 3.05) is 5.43 Å². The minimum absolute atomic E-state index is 0.0920. The molecule has 0 radical (unpaired) electrons. The van der Waals surface area contributed by atoms with Gasteiger partial charge in [-0.05, 0) is 45.8 Å². The van der Waals surface area contributed by atoms with Gasteiger partial charge < -0.3 is 9.73 Å². The third-order valence-electron chi connectivity index (χ3n) is 3.71. The highest BCUT2D eigenvalue weighted by atomic mass is 79.9. The number of pyridine rings is 1. The van der Waals surface area contributed by atoms with Crippen LogP contribution < -0.4 is 10.7 Å². The van der Waals surface area contributed by atoms with Gasteiger partial charge in [0, 0.05) is 17.6 Å². The topological polar surface area (TPSA) is 79.5 Å². The zero-order valence-electron chi connectivity index (χ0n) is 14.8.